The number of amides is 5. The number of likely N-dealkylation sites (tertiary alicyclic amines) is 1. The second kappa shape index (κ2) is 8.40. The molecule has 1 aromatic carbocycles. The molecule has 2 fully saturated rings. The number of hydrogen-bond acceptors (Lipinski definition) is 7. The van der Waals surface area contributed by atoms with Crippen LogP contribution < -0.4 is 10.6 Å². The SMILES string of the molecule is O=C1CCC(N2C(=O)c3cccc(NCC(=O)N4CCC[C@@H](C(=O)O)C4)c3C2=O)C(=O)N1. The highest BCUT2D eigenvalue weighted by atomic mass is 16.4. The zero-order chi connectivity index (χ0) is 23.0. The van der Waals surface area contributed by atoms with Gasteiger partial charge in [-0.2, -0.15) is 0 Å². The molecule has 4 rings (SSSR count). The van der Waals surface area contributed by atoms with Gasteiger partial charge in [0.1, 0.15) is 6.04 Å². The smallest absolute Gasteiger partial charge is 0.308 e. The van der Waals surface area contributed by atoms with Gasteiger partial charge < -0.3 is 15.3 Å². The first-order valence-corrected chi connectivity index (χ1v) is 10.4. The van der Waals surface area contributed by atoms with Gasteiger partial charge in [-0.15, -0.1) is 0 Å². The van der Waals surface area contributed by atoms with E-state index in [1.54, 1.807) is 12.1 Å². The minimum atomic E-state index is -1.07. The predicted octanol–water partition coefficient (Wildman–Crippen LogP) is -0.177. The first-order chi connectivity index (χ1) is 15.3. The highest BCUT2D eigenvalue weighted by Gasteiger charge is 2.45. The molecule has 0 radical (unpaired) electrons. The third kappa shape index (κ3) is 3.81. The second-order valence-corrected chi connectivity index (χ2v) is 8.05. The number of anilines is 1. The first-order valence-electron chi connectivity index (χ1n) is 10.4. The van der Waals surface area contributed by atoms with Crippen LogP contribution in [-0.4, -0.2) is 76.1 Å². The lowest BCUT2D eigenvalue weighted by atomic mass is 9.98. The maximum Gasteiger partial charge on any atom is 0.308 e. The summed E-state index contributed by atoms with van der Waals surface area (Å²) in [6, 6.07) is 3.51. The van der Waals surface area contributed by atoms with Crippen LogP contribution in [0, 0.1) is 5.92 Å². The van der Waals surface area contributed by atoms with Crippen LogP contribution in [-0.2, 0) is 19.2 Å². The van der Waals surface area contributed by atoms with Crippen LogP contribution in [0.4, 0.5) is 5.69 Å². The summed E-state index contributed by atoms with van der Waals surface area (Å²) in [6.07, 6.45) is 1.19. The van der Waals surface area contributed by atoms with Crippen molar-refractivity contribution in [2.24, 2.45) is 5.92 Å². The van der Waals surface area contributed by atoms with Gasteiger partial charge in [0.2, 0.25) is 17.7 Å². The number of carboxylic acids is 1. The zero-order valence-electron chi connectivity index (χ0n) is 17.1. The molecule has 3 N–H and O–H groups in total. The number of carbonyl (C=O) groups is 6. The number of carbonyl (C=O) groups excluding carboxylic acids is 5. The topological polar surface area (TPSA) is 153 Å². The fourth-order valence-electron chi connectivity index (χ4n) is 4.35. The lowest BCUT2D eigenvalue weighted by Crippen LogP contribution is -2.54. The van der Waals surface area contributed by atoms with Gasteiger partial charge in [-0.05, 0) is 31.4 Å². The van der Waals surface area contributed by atoms with E-state index in [2.05, 4.69) is 10.6 Å². The summed E-state index contributed by atoms with van der Waals surface area (Å²) in [5.41, 5.74) is 0.453. The van der Waals surface area contributed by atoms with E-state index in [1.807, 2.05) is 0 Å². The molecule has 3 heterocycles. The lowest BCUT2D eigenvalue weighted by Gasteiger charge is -2.31. The van der Waals surface area contributed by atoms with E-state index >= 15 is 0 Å². The standard InChI is InChI=1S/C21H22N4O7/c26-15-7-6-14(18(28)23-15)25-19(29)12-4-1-5-13(17(12)20(25)30)22-9-16(27)24-8-2-3-11(10-24)21(31)32/h1,4-5,11,14,22H,2-3,6-10H2,(H,31,32)(H,23,26,28)/t11-,14?/m1/s1. The van der Waals surface area contributed by atoms with E-state index in [4.69, 9.17) is 0 Å². The maximum absolute atomic E-state index is 13.1. The number of imide groups is 2. The van der Waals surface area contributed by atoms with Gasteiger partial charge in [0.15, 0.2) is 0 Å². The van der Waals surface area contributed by atoms with Crippen LogP contribution in [0.3, 0.4) is 0 Å². The minimum Gasteiger partial charge on any atom is -0.481 e. The molecule has 0 saturated carbocycles. The molecular weight excluding hydrogens is 420 g/mol. The highest BCUT2D eigenvalue weighted by Crippen LogP contribution is 2.32. The van der Waals surface area contributed by atoms with Crippen molar-refractivity contribution in [1.29, 1.82) is 0 Å². The largest absolute Gasteiger partial charge is 0.481 e. The molecule has 32 heavy (non-hydrogen) atoms. The number of piperidine rings is 2. The molecule has 3 aliphatic rings. The Kier molecular flexibility index (Phi) is 5.64. The van der Waals surface area contributed by atoms with Gasteiger partial charge in [-0.3, -0.25) is 39.0 Å². The molecule has 11 heteroatoms. The Balaban J connectivity index is 1.48. The summed E-state index contributed by atoms with van der Waals surface area (Å²) in [5.74, 6) is -4.30. The molecule has 2 atom stereocenters. The number of carboxylic acid groups (broad SMARTS) is 1. The Hall–Kier alpha value is -3.76. The average molecular weight is 442 g/mol. The fraction of sp³-hybridized carbons (Fsp3) is 0.429. The van der Waals surface area contributed by atoms with Crippen molar-refractivity contribution in [3.8, 4) is 0 Å². The molecule has 0 aliphatic carbocycles. The van der Waals surface area contributed by atoms with Gasteiger partial charge in [0.25, 0.3) is 11.8 Å². The van der Waals surface area contributed by atoms with Crippen molar-refractivity contribution in [2.75, 3.05) is 25.0 Å². The molecule has 0 spiro atoms. The van der Waals surface area contributed by atoms with E-state index in [9.17, 15) is 33.9 Å². The molecule has 0 bridgehead atoms. The van der Waals surface area contributed by atoms with Crippen LogP contribution >= 0.6 is 0 Å². The lowest BCUT2D eigenvalue weighted by molar-refractivity contribution is -0.145. The Morgan fingerprint density at radius 1 is 1.12 bits per heavy atom. The van der Waals surface area contributed by atoms with Crippen LogP contribution in [0.5, 0.6) is 0 Å². The first kappa shape index (κ1) is 21.5. The molecule has 5 amide bonds. The Bertz CT molecular complexity index is 1040. The van der Waals surface area contributed by atoms with Crippen molar-refractivity contribution < 1.29 is 33.9 Å². The van der Waals surface area contributed by atoms with Gasteiger partial charge in [-0.25, -0.2) is 0 Å². The Morgan fingerprint density at radius 3 is 2.62 bits per heavy atom. The van der Waals surface area contributed by atoms with Crippen molar-refractivity contribution in [1.82, 2.24) is 15.1 Å². The quantitative estimate of drug-likeness (QED) is 0.531. The summed E-state index contributed by atoms with van der Waals surface area (Å²) in [5, 5.41) is 14.2. The number of aliphatic carboxylic acids is 1. The van der Waals surface area contributed by atoms with E-state index in [1.165, 1.54) is 11.0 Å². The number of nitrogens with one attached hydrogen (secondary N) is 2. The van der Waals surface area contributed by atoms with Crippen molar-refractivity contribution in [3.63, 3.8) is 0 Å². The summed E-state index contributed by atoms with van der Waals surface area (Å²) >= 11 is 0. The number of benzene rings is 1. The molecule has 0 aromatic heterocycles. The van der Waals surface area contributed by atoms with Gasteiger partial charge in [0, 0.05) is 25.2 Å². The second-order valence-electron chi connectivity index (χ2n) is 8.05. The number of fused-ring (bicyclic) bond motifs is 1. The van der Waals surface area contributed by atoms with Crippen LogP contribution in [0.1, 0.15) is 46.4 Å². The van der Waals surface area contributed by atoms with E-state index in [0.29, 0.717) is 19.4 Å². The van der Waals surface area contributed by atoms with Crippen molar-refractivity contribution in [3.05, 3.63) is 29.3 Å². The zero-order valence-corrected chi connectivity index (χ0v) is 17.1. The predicted molar refractivity (Wildman–Crippen MR) is 109 cm³/mol. The van der Waals surface area contributed by atoms with Crippen LogP contribution in [0.2, 0.25) is 0 Å². The summed E-state index contributed by atoms with van der Waals surface area (Å²) < 4.78 is 0. The van der Waals surface area contributed by atoms with Crippen LogP contribution in [0.25, 0.3) is 0 Å². The Morgan fingerprint density at radius 2 is 1.91 bits per heavy atom. The van der Waals surface area contributed by atoms with Crippen molar-refractivity contribution in [2.45, 2.75) is 31.7 Å². The van der Waals surface area contributed by atoms with E-state index in [0.717, 1.165) is 4.90 Å². The third-order valence-corrected chi connectivity index (χ3v) is 6.02. The van der Waals surface area contributed by atoms with Crippen LogP contribution in [0.15, 0.2) is 18.2 Å². The normalized spacial score (nSPS) is 23.1. The number of hydrogen-bond donors (Lipinski definition) is 3. The highest BCUT2D eigenvalue weighted by molar-refractivity contribution is 6.25. The molecule has 3 aliphatic heterocycles. The number of rotatable bonds is 5. The van der Waals surface area contributed by atoms with Crippen molar-refractivity contribution >= 4 is 41.2 Å². The molecule has 168 valence electrons. The monoisotopic (exact) mass is 442 g/mol. The molecule has 11 nitrogen and oxygen atoms in total. The summed E-state index contributed by atoms with van der Waals surface area (Å²) in [7, 11) is 0. The molecule has 1 unspecified atom stereocenters. The average Bonchev–Trinajstić information content (AvgIpc) is 3.03. The third-order valence-electron chi connectivity index (χ3n) is 6.02. The maximum atomic E-state index is 13.1. The summed E-state index contributed by atoms with van der Waals surface area (Å²) in [6.45, 7) is 0.407. The van der Waals surface area contributed by atoms with Gasteiger partial charge in [-0.1, -0.05) is 6.07 Å². The fourth-order valence-corrected chi connectivity index (χ4v) is 4.35. The Labute approximate surface area is 182 Å². The van der Waals surface area contributed by atoms with Gasteiger partial charge >= 0.3 is 5.97 Å². The minimum absolute atomic E-state index is 0.0244. The molecular formula is C21H22N4O7. The number of nitrogens with zero attached hydrogens (tertiary/aromatic N) is 2. The summed E-state index contributed by atoms with van der Waals surface area (Å²) in [4.78, 5) is 75.7. The van der Waals surface area contributed by atoms with Gasteiger partial charge in [0.05, 0.1) is 23.6 Å². The van der Waals surface area contributed by atoms with E-state index < -0.39 is 41.6 Å². The molecule has 2 saturated heterocycles. The van der Waals surface area contributed by atoms with E-state index in [-0.39, 0.29) is 48.7 Å². The molecule has 1 aromatic rings.